The highest BCUT2D eigenvalue weighted by molar-refractivity contribution is 5.82. The molecule has 7 atom stereocenters. The van der Waals surface area contributed by atoms with E-state index in [1.807, 2.05) is 12.2 Å². The predicted octanol–water partition coefficient (Wildman–Crippen LogP) is 0.201. The van der Waals surface area contributed by atoms with Crippen LogP contribution in [0.5, 0.6) is 0 Å². The Morgan fingerprint density at radius 2 is 1.65 bits per heavy atom. The van der Waals surface area contributed by atoms with E-state index < -0.39 is 35.8 Å². The fraction of sp³-hybridized carbons (Fsp3) is 0.667. The van der Waals surface area contributed by atoms with Crippen LogP contribution in [-0.4, -0.2) is 33.4 Å². The molecule has 3 rings (SSSR count). The van der Waals surface area contributed by atoms with Gasteiger partial charge in [-0.2, -0.15) is 0 Å². The van der Waals surface area contributed by atoms with Gasteiger partial charge in [0.15, 0.2) is 0 Å². The number of hydrogen-bond acceptors (Lipinski definition) is 3. The van der Waals surface area contributed by atoms with Crippen molar-refractivity contribution < 1.29 is 24.9 Å². The summed E-state index contributed by atoms with van der Waals surface area (Å²) in [5.41, 5.74) is 0. The Bertz CT molecular complexity index is 415. The number of aliphatic hydroxyl groups excluding tert-OH is 1. The number of allylic oxidation sites excluding steroid dienone is 2. The average Bonchev–Trinajstić information content (AvgIpc) is 2.81. The van der Waals surface area contributed by atoms with Crippen LogP contribution in [0.15, 0.2) is 12.2 Å². The lowest BCUT2D eigenvalue weighted by atomic mass is 9.85. The molecule has 0 bridgehead atoms. The van der Waals surface area contributed by atoms with Gasteiger partial charge in [-0.15, -0.1) is 0 Å². The monoisotopic (exact) mass is 238 g/mol. The van der Waals surface area contributed by atoms with Gasteiger partial charge in [0.1, 0.15) is 0 Å². The van der Waals surface area contributed by atoms with E-state index in [2.05, 4.69) is 0 Å². The number of aliphatic carboxylic acids is 2. The maximum absolute atomic E-state index is 11.3. The molecule has 92 valence electrons. The smallest absolute Gasteiger partial charge is 0.307 e. The molecule has 2 fully saturated rings. The van der Waals surface area contributed by atoms with Crippen LogP contribution >= 0.6 is 0 Å². The molecule has 3 aliphatic carbocycles. The number of carboxylic acids is 2. The molecular formula is C12H14O5. The normalized spacial score (nSPS) is 50.5. The molecule has 0 heterocycles. The fourth-order valence-electron chi connectivity index (χ4n) is 4.24. The first-order valence-electron chi connectivity index (χ1n) is 5.84. The number of aliphatic hydroxyl groups is 1. The highest BCUT2D eigenvalue weighted by Gasteiger charge is 2.64. The van der Waals surface area contributed by atoms with Gasteiger partial charge in [-0.05, 0) is 24.2 Å². The first kappa shape index (κ1) is 10.8. The summed E-state index contributed by atoms with van der Waals surface area (Å²) < 4.78 is 0. The van der Waals surface area contributed by atoms with Crippen molar-refractivity contribution in [1.29, 1.82) is 0 Å². The zero-order valence-electron chi connectivity index (χ0n) is 9.06. The van der Waals surface area contributed by atoms with Gasteiger partial charge in [-0.3, -0.25) is 9.59 Å². The second-order valence-corrected chi connectivity index (χ2v) is 5.31. The van der Waals surface area contributed by atoms with E-state index in [1.54, 1.807) is 0 Å². The molecule has 0 aromatic heterocycles. The third kappa shape index (κ3) is 1.23. The third-order valence-electron chi connectivity index (χ3n) is 4.71. The van der Waals surface area contributed by atoms with Crippen LogP contribution in [0, 0.1) is 35.5 Å². The van der Waals surface area contributed by atoms with Crippen LogP contribution in [0.1, 0.15) is 6.42 Å². The summed E-state index contributed by atoms with van der Waals surface area (Å²) in [5.74, 6) is -4.46. The highest BCUT2D eigenvalue weighted by atomic mass is 16.4. The number of hydrogen-bond donors (Lipinski definition) is 3. The Kier molecular flexibility index (Phi) is 2.10. The van der Waals surface area contributed by atoms with Crippen LogP contribution < -0.4 is 0 Å². The van der Waals surface area contributed by atoms with Gasteiger partial charge in [-0.1, -0.05) is 12.2 Å². The maximum atomic E-state index is 11.3. The zero-order valence-corrected chi connectivity index (χ0v) is 9.06. The van der Waals surface area contributed by atoms with Crippen molar-refractivity contribution in [3.63, 3.8) is 0 Å². The van der Waals surface area contributed by atoms with Gasteiger partial charge in [-0.25, -0.2) is 0 Å². The lowest BCUT2D eigenvalue weighted by Crippen LogP contribution is -2.34. The zero-order chi connectivity index (χ0) is 12.3. The molecule has 2 saturated carbocycles. The minimum atomic E-state index is -1.09. The van der Waals surface area contributed by atoms with Crippen LogP contribution in [0.4, 0.5) is 0 Å². The topological polar surface area (TPSA) is 94.8 Å². The van der Waals surface area contributed by atoms with Crippen molar-refractivity contribution in [2.75, 3.05) is 0 Å². The molecule has 0 amide bonds. The Labute approximate surface area is 97.8 Å². The second-order valence-electron chi connectivity index (χ2n) is 5.31. The van der Waals surface area contributed by atoms with Crippen molar-refractivity contribution in [1.82, 2.24) is 0 Å². The summed E-state index contributed by atoms with van der Waals surface area (Å²) >= 11 is 0. The van der Waals surface area contributed by atoms with Gasteiger partial charge < -0.3 is 15.3 Å². The molecule has 0 saturated heterocycles. The SMILES string of the molecule is O=C(O)C1C2C=CC3CC(O)C(C1C(=O)O)C32. The second kappa shape index (κ2) is 3.32. The molecule has 0 spiro atoms. The minimum Gasteiger partial charge on any atom is -0.481 e. The lowest BCUT2D eigenvalue weighted by molar-refractivity contribution is -0.155. The van der Waals surface area contributed by atoms with E-state index >= 15 is 0 Å². The first-order valence-corrected chi connectivity index (χ1v) is 5.84. The van der Waals surface area contributed by atoms with Gasteiger partial charge in [0.25, 0.3) is 0 Å². The summed E-state index contributed by atoms with van der Waals surface area (Å²) in [6, 6.07) is 0. The van der Waals surface area contributed by atoms with E-state index in [9.17, 15) is 24.9 Å². The number of rotatable bonds is 2. The Hall–Kier alpha value is -1.36. The summed E-state index contributed by atoms with van der Waals surface area (Å²) in [7, 11) is 0. The molecule has 0 radical (unpaired) electrons. The molecule has 0 aromatic rings. The van der Waals surface area contributed by atoms with Crippen LogP contribution in [0.2, 0.25) is 0 Å². The highest BCUT2D eigenvalue weighted by Crippen LogP contribution is 2.60. The molecule has 3 aliphatic rings. The molecule has 0 aliphatic heterocycles. The fourth-order valence-corrected chi connectivity index (χ4v) is 4.24. The summed E-state index contributed by atoms with van der Waals surface area (Å²) in [6.45, 7) is 0. The Morgan fingerprint density at radius 3 is 2.24 bits per heavy atom. The van der Waals surface area contributed by atoms with Crippen molar-refractivity contribution in [2.24, 2.45) is 35.5 Å². The molecule has 17 heavy (non-hydrogen) atoms. The predicted molar refractivity (Wildman–Crippen MR) is 56.0 cm³/mol. The number of carboxylic acid groups (broad SMARTS) is 2. The summed E-state index contributed by atoms with van der Waals surface area (Å²) in [4.78, 5) is 22.5. The van der Waals surface area contributed by atoms with Crippen LogP contribution in [0.25, 0.3) is 0 Å². The van der Waals surface area contributed by atoms with Gasteiger partial charge in [0.05, 0.1) is 17.9 Å². The Balaban J connectivity index is 2.05. The third-order valence-corrected chi connectivity index (χ3v) is 4.71. The standard InChI is InChI=1S/C12H14O5/c13-6-3-4-1-2-5-7(4)9(6)10(12(16)17)8(5)11(14)15/h1-2,4-10,13H,3H2,(H,14,15)(H,16,17). The van der Waals surface area contributed by atoms with Gasteiger partial charge >= 0.3 is 11.9 Å². The van der Waals surface area contributed by atoms with Crippen molar-refractivity contribution in [3.8, 4) is 0 Å². The van der Waals surface area contributed by atoms with E-state index in [1.165, 1.54) is 0 Å². The minimum absolute atomic E-state index is 0.00667. The van der Waals surface area contributed by atoms with E-state index in [-0.39, 0.29) is 17.8 Å². The van der Waals surface area contributed by atoms with E-state index in [0.29, 0.717) is 6.42 Å². The molecular weight excluding hydrogens is 224 g/mol. The summed E-state index contributed by atoms with van der Waals surface area (Å²) in [6.07, 6.45) is 3.68. The lowest BCUT2D eigenvalue weighted by Gasteiger charge is -2.20. The largest absolute Gasteiger partial charge is 0.481 e. The van der Waals surface area contributed by atoms with Crippen LogP contribution in [-0.2, 0) is 9.59 Å². The van der Waals surface area contributed by atoms with Crippen molar-refractivity contribution in [3.05, 3.63) is 12.2 Å². The molecule has 7 unspecified atom stereocenters. The van der Waals surface area contributed by atoms with Crippen molar-refractivity contribution >= 4 is 11.9 Å². The first-order chi connectivity index (χ1) is 8.02. The van der Waals surface area contributed by atoms with Gasteiger partial charge in [0.2, 0.25) is 0 Å². The molecule has 5 heteroatoms. The molecule has 5 nitrogen and oxygen atoms in total. The van der Waals surface area contributed by atoms with E-state index in [0.717, 1.165) is 0 Å². The van der Waals surface area contributed by atoms with Crippen molar-refractivity contribution in [2.45, 2.75) is 12.5 Å². The average molecular weight is 238 g/mol. The quantitative estimate of drug-likeness (QED) is 0.597. The van der Waals surface area contributed by atoms with Crippen LogP contribution in [0.3, 0.4) is 0 Å². The van der Waals surface area contributed by atoms with Gasteiger partial charge in [0, 0.05) is 5.92 Å². The maximum Gasteiger partial charge on any atom is 0.307 e. The van der Waals surface area contributed by atoms with E-state index in [4.69, 9.17) is 0 Å². The Morgan fingerprint density at radius 1 is 1.00 bits per heavy atom. The molecule has 0 aromatic carbocycles. The summed E-state index contributed by atoms with van der Waals surface area (Å²) in [5, 5.41) is 28.4. The number of carbonyl (C=O) groups is 2. The molecule has 3 N–H and O–H groups in total.